The Labute approximate surface area is 130 Å². The van der Waals surface area contributed by atoms with Crippen LogP contribution < -0.4 is 0 Å². The van der Waals surface area contributed by atoms with Crippen molar-refractivity contribution in [2.75, 3.05) is 26.2 Å². The third-order valence-corrected chi connectivity index (χ3v) is 7.09. The molecule has 1 fully saturated rings. The number of hydrogen-bond acceptors (Lipinski definition) is 4. The molecule has 1 aromatic rings. The summed E-state index contributed by atoms with van der Waals surface area (Å²) in [5, 5.41) is 1.79. The van der Waals surface area contributed by atoms with Gasteiger partial charge in [0.15, 0.2) is 0 Å². The summed E-state index contributed by atoms with van der Waals surface area (Å²) in [6.07, 6.45) is 0. The molecule has 1 aliphatic rings. The minimum atomic E-state index is -3.40. The SMILES string of the molecule is CC(C)(C)N1CCN(S(=O)(=O)c2ccsc2CCl)CC1. The maximum absolute atomic E-state index is 12.6. The van der Waals surface area contributed by atoms with E-state index in [1.165, 1.54) is 11.3 Å². The lowest BCUT2D eigenvalue weighted by atomic mass is 10.1. The Morgan fingerprint density at radius 1 is 1.25 bits per heavy atom. The molecule has 0 bridgehead atoms. The number of sulfonamides is 1. The van der Waals surface area contributed by atoms with Crippen LogP contribution in [0.4, 0.5) is 0 Å². The van der Waals surface area contributed by atoms with Gasteiger partial charge in [-0.3, -0.25) is 4.90 Å². The van der Waals surface area contributed by atoms with Gasteiger partial charge in [0.1, 0.15) is 0 Å². The van der Waals surface area contributed by atoms with Gasteiger partial charge in [0.05, 0.1) is 10.8 Å². The fourth-order valence-electron chi connectivity index (χ4n) is 2.39. The van der Waals surface area contributed by atoms with Crippen LogP contribution in [0.15, 0.2) is 16.3 Å². The third kappa shape index (κ3) is 3.20. The van der Waals surface area contributed by atoms with Crippen molar-refractivity contribution in [3.8, 4) is 0 Å². The zero-order valence-corrected chi connectivity index (χ0v) is 14.5. The van der Waals surface area contributed by atoms with E-state index in [1.807, 2.05) is 0 Å². The van der Waals surface area contributed by atoms with E-state index in [-0.39, 0.29) is 11.4 Å². The average molecular weight is 337 g/mol. The van der Waals surface area contributed by atoms with Crippen LogP contribution in [0, 0.1) is 0 Å². The Bertz CT molecular complexity index is 555. The highest BCUT2D eigenvalue weighted by molar-refractivity contribution is 7.89. The quantitative estimate of drug-likeness (QED) is 0.797. The maximum Gasteiger partial charge on any atom is 0.244 e. The van der Waals surface area contributed by atoms with Crippen molar-refractivity contribution in [2.45, 2.75) is 37.1 Å². The van der Waals surface area contributed by atoms with Crippen molar-refractivity contribution >= 4 is 33.0 Å². The van der Waals surface area contributed by atoms with E-state index in [9.17, 15) is 8.42 Å². The Morgan fingerprint density at radius 2 is 1.85 bits per heavy atom. The number of hydrogen-bond donors (Lipinski definition) is 0. The molecule has 1 saturated heterocycles. The molecule has 0 aromatic carbocycles. The van der Waals surface area contributed by atoms with E-state index in [0.717, 1.165) is 18.0 Å². The van der Waals surface area contributed by atoms with Gasteiger partial charge in [-0.25, -0.2) is 8.42 Å². The van der Waals surface area contributed by atoms with E-state index in [1.54, 1.807) is 15.8 Å². The first kappa shape index (κ1) is 16.2. The molecule has 0 radical (unpaired) electrons. The van der Waals surface area contributed by atoms with Gasteiger partial charge in [-0.1, -0.05) is 0 Å². The molecule has 1 aliphatic heterocycles. The van der Waals surface area contributed by atoms with Crippen molar-refractivity contribution in [2.24, 2.45) is 0 Å². The predicted octanol–water partition coefficient (Wildman–Crippen LogP) is 2.59. The molecule has 0 amide bonds. The highest BCUT2D eigenvalue weighted by Crippen LogP contribution is 2.28. The third-order valence-electron chi connectivity index (χ3n) is 3.63. The summed E-state index contributed by atoms with van der Waals surface area (Å²) in [5.74, 6) is 0.244. The number of thiophene rings is 1. The lowest BCUT2D eigenvalue weighted by Crippen LogP contribution is -2.54. The van der Waals surface area contributed by atoms with Gasteiger partial charge in [-0.05, 0) is 32.2 Å². The summed E-state index contributed by atoms with van der Waals surface area (Å²) in [6, 6.07) is 1.66. The molecule has 114 valence electrons. The van der Waals surface area contributed by atoms with Crippen LogP contribution >= 0.6 is 22.9 Å². The fourth-order valence-corrected chi connectivity index (χ4v) is 5.49. The molecular weight excluding hydrogens is 316 g/mol. The summed E-state index contributed by atoms with van der Waals surface area (Å²) in [5.41, 5.74) is 0.0829. The smallest absolute Gasteiger partial charge is 0.244 e. The van der Waals surface area contributed by atoms with Gasteiger partial charge in [0.25, 0.3) is 0 Å². The first-order valence-corrected chi connectivity index (χ1v) is 9.50. The monoisotopic (exact) mass is 336 g/mol. The Hall–Kier alpha value is -0.140. The molecule has 0 aliphatic carbocycles. The van der Waals surface area contributed by atoms with Crippen LogP contribution in [0.2, 0.25) is 0 Å². The molecule has 7 heteroatoms. The number of piperazine rings is 1. The van der Waals surface area contributed by atoms with Crippen LogP contribution in [0.3, 0.4) is 0 Å². The summed E-state index contributed by atoms with van der Waals surface area (Å²) in [7, 11) is -3.40. The number of rotatable bonds is 3. The van der Waals surface area contributed by atoms with Crippen molar-refractivity contribution in [3.05, 3.63) is 16.3 Å². The van der Waals surface area contributed by atoms with Crippen LogP contribution in [-0.4, -0.2) is 49.3 Å². The molecule has 1 aromatic heterocycles. The molecule has 20 heavy (non-hydrogen) atoms. The van der Waals surface area contributed by atoms with E-state index < -0.39 is 10.0 Å². The van der Waals surface area contributed by atoms with Crippen LogP contribution in [0.25, 0.3) is 0 Å². The molecule has 0 N–H and O–H groups in total. The van der Waals surface area contributed by atoms with Gasteiger partial charge in [0, 0.05) is 36.6 Å². The Balaban J connectivity index is 2.14. The van der Waals surface area contributed by atoms with Crippen LogP contribution in [-0.2, 0) is 15.9 Å². The second kappa shape index (κ2) is 5.93. The molecule has 0 atom stereocenters. The van der Waals surface area contributed by atoms with E-state index >= 15 is 0 Å². The summed E-state index contributed by atoms with van der Waals surface area (Å²) in [6.45, 7) is 9.07. The van der Waals surface area contributed by atoms with Crippen LogP contribution in [0.5, 0.6) is 0 Å². The van der Waals surface area contributed by atoms with Gasteiger partial charge in [-0.2, -0.15) is 4.31 Å². The van der Waals surface area contributed by atoms with E-state index in [4.69, 9.17) is 11.6 Å². The van der Waals surface area contributed by atoms with Gasteiger partial charge >= 0.3 is 0 Å². The molecule has 2 rings (SSSR count). The number of alkyl halides is 1. The molecule has 2 heterocycles. The first-order chi connectivity index (χ1) is 9.26. The van der Waals surface area contributed by atoms with Gasteiger partial charge in [0.2, 0.25) is 10.0 Å². The first-order valence-electron chi connectivity index (χ1n) is 6.64. The molecular formula is C13H21ClN2O2S2. The highest BCUT2D eigenvalue weighted by Gasteiger charge is 2.33. The fraction of sp³-hybridized carbons (Fsp3) is 0.692. The van der Waals surface area contributed by atoms with Crippen molar-refractivity contribution in [3.63, 3.8) is 0 Å². The minimum absolute atomic E-state index is 0.0829. The molecule has 0 saturated carbocycles. The Kier molecular flexibility index (Phi) is 4.81. The standard InChI is InChI=1S/C13H21ClN2O2S2/c1-13(2,3)15-5-7-16(8-6-15)20(17,18)12-4-9-19-11(12)10-14/h4,9H,5-8,10H2,1-3H3. The van der Waals surface area contributed by atoms with Crippen molar-refractivity contribution in [1.82, 2.24) is 9.21 Å². The topological polar surface area (TPSA) is 40.6 Å². The number of halogens is 1. The molecule has 0 unspecified atom stereocenters. The zero-order valence-electron chi connectivity index (χ0n) is 12.1. The predicted molar refractivity (Wildman–Crippen MR) is 84.0 cm³/mol. The van der Waals surface area contributed by atoms with E-state index in [0.29, 0.717) is 18.0 Å². The average Bonchev–Trinajstić information content (AvgIpc) is 2.87. The molecule has 4 nitrogen and oxygen atoms in total. The van der Waals surface area contributed by atoms with Crippen molar-refractivity contribution < 1.29 is 8.42 Å². The van der Waals surface area contributed by atoms with Crippen LogP contribution in [0.1, 0.15) is 25.6 Å². The summed E-state index contributed by atoms with van der Waals surface area (Å²) >= 11 is 7.22. The van der Waals surface area contributed by atoms with Crippen molar-refractivity contribution in [1.29, 1.82) is 0 Å². The Morgan fingerprint density at radius 3 is 2.35 bits per heavy atom. The lowest BCUT2D eigenvalue weighted by Gasteiger charge is -2.41. The minimum Gasteiger partial charge on any atom is -0.296 e. The summed E-state index contributed by atoms with van der Waals surface area (Å²) in [4.78, 5) is 3.42. The highest BCUT2D eigenvalue weighted by atomic mass is 35.5. The normalized spacial score (nSPS) is 19.4. The van der Waals surface area contributed by atoms with E-state index in [2.05, 4.69) is 25.7 Å². The maximum atomic E-state index is 12.6. The second-order valence-electron chi connectivity index (χ2n) is 5.90. The summed E-state index contributed by atoms with van der Waals surface area (Å²) < 4.78 is 26.9. The number of nitrogens with zero attached hydrogens (tertiary/aromatic N) is 2. The largest absolute Gasteiger partial charge is 0.296 e. The van der Waals surface area contributed by atoms with Gasteiger partial charge < -0.3 is 0 Å². The van der Waals surface area contributed by atoms with Gasteiger partial charge in [-0.15, -0.1) is 22.9 Å². The second-order valence-corrected chi connectivity index (χ2v) is 9.08. The molecule has 0 spiro atoms. The zero-order chi connectivity index (χ0) is 15.0. The lowest BCUT2D eigenvalue weighted by molar-refractivity contribution is 0.0922.